The van der Waals surface area contributed by atoms with E-state index in [-0.39, 0.29) is 17.1 Å². The molecule has 0 unspecified atom stereocenters. The van der Waals surface area contributed by atoms with Crippen molar-refractivity contribution in [2.24, 2.45) is 0 Å². The van der Waals surface area contributed by atoms with E-state index in [1.165, 1.54) is 0 Å². The van der Waals surface area contributed by atoms with Gasteiger partial charge in [-0.25, -0.2) is 0 Å². The molecule has 0 aliphatic rings. The fourth-order valence-corrected chi connectivity index (χ4v) is 0.136. The SMILES string of the molecule is O=C([O-])/C=C/C(=O)[O-].[Fe]. The Morgan fingerprint density at radius 1 is 1.00 bits per heavy atom. The topological polar surface area (TPSA) is 80.3 Å². The van der Waals surface area contributed by atoms with E-state index < -0.39 is 11.9 Å². The van der Waals surface area contributed by atoms with Crippen molar-refractivity contribution < 1.29 is 36.9 Å². The van der Waals surface area contributed by atoms with Crippen LogP contribution in [0.4, 0.5) is 0 Å². The second-order valence-corrected chi connectivity index (χ2v) is 0.971. The molecule has 0 aromatic heterocycles. The molecule has 5 heteroatoms. The predicted octanol–water partition coefficient (Wildman–Crippen LogP) is -2.96. The van der Waals surface area contributed by atoms with Crippen molar-refractivity contribution in [2.75, 3.05) is 0 Å². The molecule has 52 valence electrons. The van der Waals surface area contributed by atoms with Crippen LogP contribution in [-0.4, -0.2) is 11.9 Å². The molecule has 0 radical (unpaired) electrons. The molecule has 9 heavy (non-hydrogen) atoms. The van der Waals surface area contributed by atoms with Gasteiger partial charge in [0.05, 0.1) is 11.9 Å². The molecule has 0 saturated heterocycles. The summed E-state index contributed by atoms with van der Waals surface area (Å²) in [6.45, 7) is 0. The smallest absolute Gasteiger partial charge is 0.0643 e. The summed E-state index contributed by atoms with van der Waals surface area (Å²) in [7, 11) is 0. The van der Waals surface area contributed by atoms with Crippen LogP contribution in [0.3, 0.4) is 0 Å². The Morgan fingerprint density at radius 3 is 1.33 bits per heavy atom. The van der Waals surface area contributed by atoms with Crippen molar-refractivity contribution >= 4 is 11.9 Å². The number of carbonyl (C=O) groups is 2. The van der Waals surface area contributed by atoms with Crippen molar-refractivity contribution in [3.8, 4) is 0 Å². The van der Waals surface area contributed by atoms with Gasteiger partial charge in [0, 0.05) is 17.1 Å². The van der Waals surface area contributed by atoms with Crippen LogP contribution in [-0.2, 0) is 26.7 Å². The average molecular weight is 170 g/mol. The van der Waals surface area contributed by atoms with Gasteiger partial charge in [-0.15, -0.1) is 0 Å². The fourth-order valence-electron chi connectivity index (χ4n) is 0.136. The van der Waals surface area contributed by atoms with Crippen LogP contribution >= 0.6 is 0 Å². The molecular formula is C4H2FeO4-2. The standard InChI is InChI=1S/C4H4O4.Fe/c5-3(6)1-2-4(7)8;/h1-2H,(H,5,6)(H,7,8);/p-2/b2-1+;. The van der Waals surface area contributed by atoms with E-state index in [1.54, 1.807) is 0 Å². The Balaban J connectivity index is 0. The van der Waals surface area contributed by atoms with Crippen LogP contribution in [0.25, 0.3) is 0 Å². The molecule has 0 aliphatic heterocycles. The van der Waals surface area contributed by atoms with Crippen molar-refractivity contribution in [1.29, 1.82) is 0 Å². The first-order valence-electron chi connectivity index (χ1n) is 1.73. The van der Waals surface area contributed by atoms with E-state index in [0.29, 0.717) is 12.2 Å². The first kappa shape index (κ1) is 11.1. The van der Waals surface area contributed by atoms with Crippen LogP contribution in [0, 0.1) is 0 Å². The van der Waals surface area contributed by atoms with E-state index >= 15 is 0 Å². The minimum Gasteiger partial charge on any atom is -0.545 e. The normalized spacial score (nSPS) is 8.44. The zero-order valence-corrected chi connectivity index (χ0v) is 5.25. The monoisotopic (exact) mass is 170 g/mol. The minimum absolute atomic E-state index is 0. The molecule has 0 atom stereocenters. The summed E-state index contributed by atoms with van der Waals surface area (Å²) >= 11 is 0. The van der Waals surface area contributed by atoms with E-state index in [1.807, 2.05) is 0 Å². The van der Waals surface area contributed by atoms with Crippen LogP contribution in [0.5, 0.6) is 0 Å². The molecule has 0 aliphatic carbocycles. The largest absolute Gasteiger partial charge is 0.545 e. The van der Waals surface area contributed by atoms with Gasteiger partial charge in [0.25, 0.3) is 0 Å². The van der Waals surface area contributed by atoms with Crippen molar-refractivity contribution in [2.45, 2.75) is 0 Å². The first-order valence-corrected chi connectivity index (χ1v) is 1.73. The van der Waals surface area contributed by atoms with Gasteiger partial charge in [-0.1, -0.05) is 0 Å². The third kappa shape index (κ3) is 11.0. The zero-order valence-electron chi connectivity index (χ0n) is 4.14. The Hall–Kier alpha value is -0.801. The van der Waals surface area contributed by atoms with Gasteiger partial charge in [-0.05, 0) is 12.2 Å². The minimum atomic E-state index is -1.55. The van der Waals surface area contributed by atoms with Crippen LogP contribution in [0.15, 0.2) is 12.2 Å². The van der Waals surface area contributed by atoms with Gasteiger partial charge >= 0.3 is 0 Å². The zero-order chi connectivity index (χ0) is 6.57. The maximum atomic E-state index is 9.41. The number of carbonyl (C=O) groups excluding carboxylic acids is 2. The summed E-state index contributed by atoms with van der Waals surface area (Å²) in [5, 5.41) is 18.8. The molecular weight excluding hydrogens is 168 g/mol. The van der Waals surface area contributed by atoms with E-state index in [2.05, 4.69) is 0 Å². The summed E-state index contributed by atoms with van der Waals surface area (Å²) in [6, 6.07) is 0. The molecule has 0 fully saturated rings. The molecule has 0 spiro atoms. The van der Waals surface area contributed by atoms with Crippen molar-refractivity contribution in [1.82, 2.24) is 0 Å². The van der Waals surface area contributed by atoms with Gasteiger partial charge in [-0.3, -0.25) is 0 Å². The number of hydrogen-bond donors (Lipinski definition) is 0. The number of rotatable bonds is 2. The third-order valence-electron chi connectivity index (χ3n) is 0.355. The molecule has 0 aromatic rings. The Morgan fingerprint density at radius 2 is 1.22 bits per heavy atom. The first-order chi connectivity index (χ1) is 3.63. The predicted molar refractivity (Wildman–Crippen MR) is 19.2 cm³/mol. The molecule has 0 saturated carbocycles. The second kappa shape index (κ2) is 5.34. The number of aliphatic carboxylic acids is 2. The van der Waals surface area contributed by atoms with Gasteiger partial charge in [0.1, 0.15) is 0 Å². The van der Waals surface area contributed by atoms with Gasteiger partial charge < -0.3 is 19.8 Å². The van der Waals surface area contributed by atoms with E-state index in [9.17, 15) is 19.8 Å². The summed E-state index contributed by atoms with van der Waals surface area (Å²) in [5.41, 5.74) is 0. The quantitative estimate of drug-likeness (QED) is 0.327. The fraction of sp³-hybridized carbons (Fsp3) is 0. The van der Waals surface area contributed by atoms with Crippen molar-refractivity contribution in [3.05, 3.63) is 12.2 Å². The van der Waals surface area contributed by atoms with Crippen LogP contribution in [0.1, 0.15) is 0 Å². The Labute approximate surface area is 61.7 Å². The maximum Gasteiger partial charge on any atom is 0.0643 e. The van der Waals surface area contributed by atoms with Crippen molar-refractivity contribution in [3.63, 3.8) is 0 Å². The maximum absolute atomic E-state index is 9.41. The van der Waals surface area contributed by atoms with Crippen LogP contribution < -0.4 is 10.2 Å². The Bertz CT molecular complexity index is 124. The Kier molecular flexibility index (Phi) is 6.56. The molecule has 0 aromatic carbocycles. The summed E-state index contributed by atoms with van der Waals surface area (Å²) in [5.74, 6) is -3.09. The molecule has 0 heterocycles. The molecule has 0 amide bonds. The van der Waals surface area contributed by atoms with Gasteiger partial charge in [-0.2, -0.15) is 0 Å². The second-order valence-electron chi connectivity index (χ2n) is 0.971. The summed E-state index contributed by atoms with van der Waals surface area (Å²) < 4.78 is 0. The molecule has 0 bridgehead atoms. The average Bonchev–Trinajstić information content (AvgIpc) is 1.61. The molecule has 0 rings (SSSR count). The summed E-state index contributed by atoms with van der Waals surface area (Å²) in [6.07, 6.45) is 0.769. The number of carboxylic acids is 2. The number of hydrogen-bond acceptors (Lipinski definition) is 4. The van der Waals surface area contributed by atoms with Gasteiger partial charge in [0.15, 0.2) is 0 Å². The van der Waals surface area contributed by atoms with E-state index in [4.69, 9.17) is 0 Å². The van der Waals surface area contributed by atoms with Crippen LogP contribution in [0.2, 0.25) is 0 Å². The van der Waals surface area contributed by atoms with Gasteiger partial charge in [0.2, 0.25) is 0 Å². The summed E-state index contributed by atoms with van der Waals surface area (Å²) in [4.78, 5) is 18.8. The van der Waals surface area contributed by atoms with E-state index in [0.717, 1.165) is 0 Å². The third-order valence-corrected chi connectivity index (χ3v) is 0.355. The molecule has 4 nitrogen and oxygen atoms in total. The number of carboxylic acid groups (broad SMARTS) is 2. The molecule has 0 N–H and O–H groups in total.